The molecule has 2 aromatic rings. The molecule has 0 amide bonds. The Balaban J connectivity index is 1.70. The topological polar surface area (TPSA) is 89.5 Å². The van der Waals surface area contributed by atoms with Crippen LogP contribution in [-0.4, -0.2) is 62.1 Å². The van der Waals surface area contributed by atoms with Gasteiger partial charge in [0, 0.05) is 25.3 Å². The number of Topliss-reactive ketones (excluding diaryl/α,β-unsaturated/α-hetero) is 1. The number of ketones is 1. The molecule has 2 aliphatic rings. The summed E-state index contributed by atoms with van der Waals surface area (Å²) in [6.45, 7) is 8.28. The molecule has 5 atom stereocenters. The largest absolute Gasteiger partial charge is 0.493 e. The highest BCUT2D eigenvalue weighted by atomic mass is 32.1. The molecule has 0 radical (unpaired) electrons. The monoisotopic (exact) mass is 612 g/mol. The fourth-order valence-corrected chi connectivity index (χ4v) is 5.63. The lowest BCUT2D eigenvalue weighted by Crippen LogP contribution is -2.38. The van der Waals surface area contributed by atoms with E-state index in [0.717, 1.165) is 5.56 Å². The van der Waals surface area contributed by atoms with Crippen LogP contribution in [0.5, 0.6) is 11.5 Å². The van der Waals surface area contributed by atoms with Gasteiger partial charge in [-0.1, -0.05) is 38.1 Å². The third-order valence-corrected chi connectivity index (χ3v) is 8.05. The fourth-order valence-electron chi connectivity index (χ4n) is 5.54. The molecule has 0 aromatic heterocycles. The number of aryl methyl sites for hydroxylation is 1. The molecule has 1 heterocycles. The van der Waals surface area contributed by atoms with Gasteiger partial charge in [0.2, 0.25) is 0 Å². The number of hydrogen-bond donors (Lipinski definition) is 1. The Morgan fingerprint density at radius 1 is 1.07 bits per heavy atom. The Bertz CT molecular complexity index is 1260. The van der Waals surface area contributed by atoms with Crippen LogP contribution in [0, 0.1) is 11.8 Å². The molecule has 1 fully saturated rings. The highest BCUT2D eigenvalue weighted by Crippen LogP contribution is 2.37. The maximum atomic E-state index is 13.9. The van der Waals surface area contributed by atoms with Gasteiger partial charge in [-0.25, -0.2) is 4.79 Å². The summed E-state index contributed by atoms with van der Waals surface area (Å²) in [5.74, 6) is 0.342. The van der Waals surface area contributed by atoms with Crippen LogP contribution in [0.2, 0.25) is 0 Å². The predicted molar refractivity (Wildman–Crippen MR) is 167 cm³/mol. The Kier molecular flexibility index (Phi) is 11.7. The summed E-state index contributed by atoms with van der Waals surface area (Å²) < 4.78 is 35.8. The minimum Gasteiger partial charge on any atom is -0.493 e. The van der Waals surface area contributed by atoms with E-state index in [-0.39, 0.29) is 30.5 Å². The summed E-state index contributed by atoms with van der Waals surface area (Å²) in [6, 6.07) is 12.6. The van der Waals surface area contributed by atoms with Crippen molar-refractivity contribution in [2.45, 2.75) is 77.5 Å². The van der Waals surface area contributed by atoms with Gasteiger partial charge in [0.25, 0.3) is 0 Å². The molecule has 43 heavy (non-hydrogen) atoms. The van der Waals surface area contributed by atoms with Crippen molar-refractivity contribution in [3.05, 3.63) is 71.3 Å². The molecule has 1 unspecified atom stereocenters. The molecule has 0 saturated carbocycles. The molecule has 1 aliphatic carbocycles. The lowest BCUT2D eigenvalue weighted by atomic mass is 9.86. The number of fused-ring (bicyclic) bond motifs is 2. The first kappa shape index (κ1) is 33.1. The van der Waals surface area contributed by atoms with Crippen LogP contribution in [0.4, 0.5) is 0 Å². The minimum atomic E-state index is -0.851. The van der Waals surface area contributed by atoms with Gasteiger partial charge in [-0.3, -0.25) is 4.79 Å². The van der Waals surface area contributed by atoms with Crippen molar-refractivity contribution in [2.24, 2.45) is 11.8 Å². The van der Waals surface area contributed by atoms with Crippen LogP contribution in [0.1, 0.15) is 73.2 Å². The molecule has 8 nitrogen and oxygen atoms in total. The van der Waals surface area contributed by atoms with Crippen molar-refractivity contribution in [1.82, 2.24) is 0 Å². The SMILES string of the molecule is COCOc1cc(OCCS)cc2c1C(=O)C[C@@H](C)[C@H](C)/C=C\C(OC(=O)c1ccccc1)[C@H]1OC(C)(C)O[C@H]1CCC2. The summed E-state index contributed by atoms with van der Waals surface area (Å²) in [7, 11) is 1.55. The summed E-state index contributed by atoms with van der Waals surface area (Å²) >= 11 is 4.27. The van der Waals surface area contributed by atoms with Crippen molar-refractivity contribution in [3.63, 3.8) is 0 Å². The van der Waals surface area contributed by atoms with E-state index in [4.69, 9.17) is 28.4 Å². The van der Waals surface area contributed by atoms with Gasteiger partial charge in [0.05, 0.1) is 23.8 Å². The van der Waals surface area contributed by atoms with Crippen LogP contribution in [0.3, 0.4) is 0 Å². The van der Waals surface area contributed by atoms with E-state index in [1.165, 1.54) is 0 Å². The lowest BCUT2D eigenvalue weighted by Gasteiger charge is -2.26. The minimum absolute atomic E-state index is 0.00169. The predicted octanol–water partition coefficient (Wildman–Crippen LogP) is 6.46. The van der Waals surface area contributed by atoms with Crippen LogP contribution in [0.15, 0.2) is 54.6 Å². The van der Waals surface area contributed by atoms with E-state index in [1.807, 2.05) is 45.1 Å². The molecular weight excluding hydrogens is 568 g/mol. The Labute approximate surface area is 260 Å². The zero-order valence-corrected chi connectivity index (χ0v) is 26.6. The Morgan fingerprint density at radius 2 is 1.84 bits per heavy atom. The number of allylic oxidation sites excluding steroid dienone is 1. The first-order chi connectivity index (χ1) is 20.6. The smallest absolute Gasteiger partial charge is 0.338 e. The summed E-state index contributed by atoms with van der Waals surface area (Å²) in [4.78, 5) is 27.0. The van der Waals surface area contributed by atoms with Gasteiger partial charge >= 0.3 is 5.97 Å². The van der Waals surface area contributed by atoms with Crippen molar-refractivity contribution < 1.29 is 38.0 Å². The quantitative estimate of drug-likeness (QED) is 0.157. The second-order valence-corrected chi connectivity index (χ2v) is 12.1. The van der Waals surface area contributed by atoms with Gasteiger partial charge < -0.3 is 28.4 Å². The van der Waals surface area contributed by atoms with E-state index < -0.39 is 24.0 Å². The molecule has 2 aromatic carbocycles. The van der Waals surface area contributed by atoms with Crippen molar-refractivity contribution >= 4 is 24.4 Å². The number of hydrogen-bond acceptors (Lipinski definition) is 9. The second-order valence-electron chi connectivity index (χ2n) is 11.7. The summed E-state index contributed by atoms with van der Waals surface area (Å²) in [6.07, 6.45) is 4.60. The average molecular weight is 613 g/mol. The molecule has 0 N–H and O–H groups in total. The number of ether oxygens (including phenoxy) is 6. The van der Waals surface area contributed by atoms with Gasteiger partial charge in [-0.05, 0) is 74.8 Å². The lowest BCUT2D eigenvalue weighted by molar-refractivity contribution is -0.153. The molecule has 4 rings (SSSR count). The molecule has 1 saturated heterocycles. The van der Waals surface area contributed by atoms with Gasteiger partial charge in [0.1, 0.15) is 23.7 Å². The third-order valence-electron chi connectivity index (χ3n) is 7.87. The maximum Gasteiger partial charge on any atom is 0.338 e. The average Bonchev–Trinajstić information content (AvgIpc) is 3.30. The van der Waals surface area contributed by atoms with E-state index in [9.17, 15) is 9.59 Å². The molecule has 0 spiro atoms. The molecule has 0 bridgehead atoms. The first-order valence-corrected chi connectivity index (χ1v) is 15.6. The van der Waals surface area contributed by atoms with E-state index in [2.05, 4.69) is 19.6 Å². The zero-order chi connectivity index (χ0) is 31.0. The zero-order valence-electron chi connectivity index (χ0n) is 25.7. The van der Waals surface area contributed by atoms with Crippen molar-refractivity contribution in [1.29, 1.82) is 0 Å². The van der Waals surface area contributed by atoms with Crippen LogP contribution in [-0.2, 0) is 25.4 Å². The standard InChI is InChI=1S/C34H44O8S/c1-22-14-15-28(40-33(36)24-10-7-6-8-11-24)32-29(41-34(3,4)42-32)13-9-12-25-19-26(38-16-17-43)20-30(39-21-37-5)31(25)27(35)18-23(22)2/h6-8,10-11,14-15,19-20,22-23,28-29,32,43H,9,12-13,16-18,21H2,1-5H3/b15-14-/t22-,23-,28?,29+,32-/m1/s1. The molecular formula is C34H44O8S. The summed E-state index contributed by atoms with van der Waals surface area (Å²) in [5, 5.41) is 0. The van der Waals surface area contributed by atoms with Crippen LogP contribution in [0.25, 0.3) is 0 Å². The number of carbonyl (C=O) groups is 2. The Hall–Kier alpha value is -2.85. The number of thiol groups is 1. The van der Waals surface area contributed by atoms with Crippen molar-refractivity contribution in [3.8, 4) is 11.5 Å². The molecule has 9 heteroatoms. The number of methoxy groups -OCH3 is 1. The number of esters is 1. The number of carbonyl (C=O) groups excluding carboxylic acids is 2. The van der Waals surface area contributed by atoms with Gasteiger partial charge in [0.15, 0.2) is 18.4 Å². The number of benzene rings is 2. The molecule has 1 aliphatic heterocycles. The molecule has 234 valence electrons. The highest BCUT2D eigenvalue weighted by Gasteiger charge is 2.45. The second kappa shape index (κ2) is 15.2. The first-order valence-electron chi connectivity index (χ1n) is 15.0. The maximum absolute atomic E-state index is 13.9. The van der Waals surface area contributed by atoms with E-state index >= 15 is 0 Å². The highest BCUT2D eigenvalue weighted by molar-refractivity contribution is 7.80. The van der Waals surface area contributed by atoms with Crippen LogP contribution < -0.4 is 9.47 Å². The normalized spacial score (nSPS) is 26.5. The van der Waals surface area contributed by atoms with Gasteiger partial charge in [-0.2, -0.15) is 12.6 Å². The number of rotatable bonds is 8. The summed E-state index contributed by atoms with van der Waals surface area (Å²) in [5.41, 5.74) is 1.88. The fraction of sp³-hybridized carbons (Fsp3) is 0.529. The van der Waals surface area contributed by atoms with E-state index in [1.54, 1.807) is 37.4 Å². The third kappa shape index (κ3) is 8.85. The van der Waals surface area contributed by atoms with Crippen molar-refractivity contribution in [2.75, 3.05) is 26.3 Å². The van der Waals surface area contributed by atoms with Gasteiger partial charge in [-0.15, -0.1) is 0 Å². The Morgan fingerprint density at radius 3 is 2.56 bits per heavy atom. The van der Waals surface area contributed by atoms with Crippen LogP contribution >= 0.6 is 12.6 Å². The van der Waals surface area contributed by atoms with E-state index in [0.29, 0.717) is 60.7 Å².